The summed E-state index contributed by atoms with van der Waals surface area (Å²) in [5, 5.41) is 0.573. The van der Waals surface area contributed by atoms with Gasteiger partial charge in [0.2, 0.25) is 0 Å². The van der Waals surface area contributed by atoms with E-state index in [2.05, 4.69) is 30.9 Å². The summed E-state index contributed by atoms with van der Waals surface area (Å²) in [4.78, 5) is 25.2. The number of H-pyrrole nitrogens is 1. The zero-order chi connectivity index (χ0) is 23.1. The minimum atomic E-state index is 0.353. The van der Waals surface area contributed by atoms with Crippen molar-refractivity contribution in [1.29, 1.82) is 0 Å². The van der Waals surface area contributed by atoms with Crippen LogP contribution in [0, 0.1) is 6.92 Å². The molecule has 1 aromatic carbocycles. The lowest BCUT2D eigenvalue weighted by Crippen LogP contribution is -2.27. The molecule has 0 saturated heterocycles. The van der Waals surface area contributed by atoms with Crippen molar-refractivity contribution in [3.8, 4) is 16.9 Å². The maximum Gasteiger partial charge on any atom is 0.200 e. The molecule has 10 heteroatoms. The zero-order valence-electron chi connectivity index (χ0n) is 18.8. The van der Waals surface area contributed by atoms with Gasteiger partial charge in [0, 0.05) is 23.9 Å². The normalized spacial score (nSPS) is 13.8. The number of nitrogen functional groups attached to an aromatic ring is 1. The van der Waals surface area contributed by atoms with E-state index in [1.807, 2.05) is 44.1 Å². The molecular formula is C23H25ClN8O. The molecule has 4 aromatic rings. The molecule has 0 amide bonds. The number of pyridine rings is 1. The molecule has 0 radical (unpaired) electrons. The maximum atomic E-state index is 6.65. The number of ether oxygens (including phenoxy) is 1. The second-order valence-electron chi connectivity index (χ2n) is 8.41. The Labute approximate surface area is 196 Å². The molecule has 3 N–H and O–H groups in total. The summed E-state index contributed by atoms with van der Waals surface area (Å²) in [6.45, 7) is 4.38. The van der Waals surface area contributed by atoms with E-state index >= 15 is 0 Å². The van der Waals surface area contributed by atoms with Crippen LogP contribution in [0.15, 0.2) is 30.5 Å². The first-order valence-electron chi connectivity index (χ1n) is 10.7. The highest BCUT2D eigenvalue weighted by Crippen LogP contribution is 2.33. The van der Waals surface area contributed by atoms with Crippen molar-refractivity contribution in [3.05, 3.63) is 52.6 Å². The number of rotatable bonds is 4. The summed E-state index contributed by atoms with van der Waals surface area (Å²) in [6, 6.07) is 8.16. The highest BCUT2D eigenvalue weighted by molar-refractivity contribution is 6.33. The molecule has 0 saturated carbocycles. The smallest absolute Gasteiger partial charge is 0.200 e. The van der Waals surface area contributed by atoms with Crippen LogP contribution in [-0.4, -0.2) is 57.1 Å². The number of hydrogen-bond acceptors (Lipinski definition) is 8. The standard InChI is InChI=1S/C23H25ClN8O/c1-13-20(24)22(29-19(27-13)12-31(2)3)32-6-7-33-18-5-4-14(8-16(18)11-32)15-9-17-21(26-10-15)30-23(25)28-17/h4-5,8-10H,6-7,11-12H2,1-3H3,(H3,25,26,28,30). The van der Waals surface area contributed by atoms with E-state index in [9.17, 15) is 0 Å². The van der Waals surface area contributed by atoms with Gasteiger partial charge < -0.3 is 25.3 Å². The van der Waals surface area contributed by atoms with Gasteiger partial charge in [-0.05, 0) is 44.8 Å². The van der Waals surface area contributed by atoms with E-state index in [0.717, 1.165) is 45.3 Å². The molecule has 9 nitrogen and oxygen atoms in total. The molecule has 0 aliphatic carbocycles. The van der Waals surface area contributed by atoms with Crippen molar-refractivity contribution < 1.29 is 4.74 Å². The largest absolute Gasteiger partial charge is 0.491 e. The topological polar surface area (TPSA) is 109 Å². The quantitative estimate of drug-likeness (QED) is 0.473. The average molecular weight is 465 g/mol. The van der Waals surface area contributed by atoms with Gasteiger partial charge in [-0.1, -0.05) is 17.7 Å². The number of benzene rings is 1. The SMILES string of the molecule is Cc1nc(CN(C)C)nc(N2CCOc3ccc(-c4cnc5nc(N)[nH]c5c4)cc3C2)c1Cl. The fraction of sp³-hybridized carbons (Fsp3) is 0.304. The first kappa shape index (κ1) is 21.4. The van der Waals surface area contributed by atoms with Crippen molar-refractivity contribution >= 4 is 34.5 Å². The Morgan fingerprint density at radius 1 is 1.18 bits per heavy atom. The number of aromatic amines is 1. The second kappa shape index (κ2) is 8.49. The lowest BCUT2D eigenvalue weighted by atomic mass is 10.0. The lowest BCUT2D eigenvalue weighted by molar-refractivity contribution is 0.331. The molecule has 0 fully saturated rings. The number of fused-ring (bicyclic) bond motifs is 2. The Hall–Kier alpha value is -3.43. The summed E-state index contributed by atoms with van der Waals surface area (Å²) in [5.41, 5.74) is 11.0. The molecule has 3 aromatic heterocycles. The molecule has 170 valence electrons. The monoisotopic (exact) mass is 464 g/mol. The number of anilines is 2. The lowest BCUT2D eigenvalue weighted by Gasteiger charge is -2.23. The molecule has 0 spiro atoms. The number of nitrogens with zero attached hydrogens (tertiary/aromatic N) is 6. The highest BCUT2D eigenvalue weighted by atomic mass is 35.5. The molecule has 0 bridgehead atoms. The Kier molecular flexibility index (Phi) is 5.51. The first-order chi connectivity index (χ1) is 15.9. The van der Waals surface area contributed by atoms with Crippen molar-refractivity contribution in [2.75, 3.05) is 37.9 Å². The molecule has 1 aliphatic heterocycles. The summed E-state index contributed by atoms with van der Waals surface area (Å²) < 4.78 is 6.04. The third-order valence-corrected chi connectivity index (χ3v) is 5.97. The number of hydrogen-bond donors (Lipinski definition) is 2. The van der Waals surface area contributed by atoms with Crippen LogP contribution in [0.2, 0.25) is 5.02 Å². The van der Waals surface area contributed by atoms with Crippen molar-refractivity contribution in [1.82, 2.24) is 29.8 Å². The third-order valence-electron chi connectivity index (χ3n) is 5.53. The van der Waals surface area contributed by atoms with Crippen molar-refractivity contribution in [2.45, 2.75) is 20.0 Å². The predicted molar refractivity (Wildman–Crippen MR) is 129 cm³/mol. The van der Waals surface area contributed by atoms with Gasteiger partial charge in [-0.25, -0.2) is 15.0 Å². The Balaban J connectivity index is 1.50. The summed E-state index contributed by atoms with van der Waals surface area (Å²) in [7, 11) is 3.99. The first-order valence-corrected chi connectivity index (χ1v) is 11.0. The van der Waals surface area contributed by atoms with E-state index in [1.165, 1.54) is 0 Å². The zero-order valence-corrected chi connectivity index (χ0v) is 19.5. The second-order valence-corrected chi connectivity index (χ2v) is 8.79. The number of aromatic nitrogens is 5. The third kappa shape index (κ3) is 4.29. The Morgan fingerprint density at radius 3 is 2.85 bits per heavy atom. The van der Waals surface area contributed by atoms with Gasteiger partial charge in [0.1, 0.15) is 23.2 Å². The fourth-order valence-electron chi connectivity index (χ4n) is 4.00. The van der Waals surface area contributed by atoms with Gasteiger partial charge >= 0.3 is 0 Å². The van der Waals surface area contributed by atoms with Gasteiger partial charge in [0.15, 0.2) is 17.4 Å². The van der Waals surface area contributed by atoms with Gasteiger partial charge in [0.05, 0.1) is 24.3 Å². The predicted octanol–water partition coefficient (Wildman–Crippen LogP) is 3.42. The van der Waals surface area contributed by atoms with Crippen molar-refractivity contribution in [3.63, 3.8) is 0 Å². The Bertz CT molecular complexity index is 1340. The van der Waals surface area contributed by atoms with Crippen LogP contribution in [0.5, 0.6) is 5.75 Å². The molecule has 4 heterocycles. The van der Waals surface area contributed by atoms with Crippen LogP contribution in [-0.2, 0) is 13.1 Å². The van der Waals surface area contributed by atoms with Gasteiger partial charge in [-0.3, -0.25) is 0 Å². The van der Waals surface area contributed by atoms with Gasteiger partial charge in [-0.2, -0.15) is 4.98 Å². The molecule has 0 unspecified atom stereocenters. The summed E-state index contributed by atoms with van der Waals surface area (Å²) >= 11 is 6.65. The van der Waals surface area contributed by atoms with Crippen LogP contribution in [0.4, 0.5) is 11.8 Å². The molecule has 33 heavy (non-hydrogen) atoms. The number of nitrogens with two attached hydrogens (primary N) is 1. The molecule has 0 atom stereocenters. The van der Waals surface area contributed by atoms with E-state index in [1.54, 1.807) is 6.20 Å². The highest BCUT2D eigenvalue weighted by Gasteiger charge is 2.22. The minimum Gasteiger partial charge on any atom is -0.491 e. The summed E-state index contributed by atoms with van der Waals surface area (Å²) in [6.07, 6.45) is 1.80. The molecular weight excluding hydrogens is 440 g/mol. The number of halogens is 1. The maximum absolute atomic E-state index is 6.65. The van der Waals surface area contributed by atoms with E-state index in [0.29, 0.717) is 42.9 Å². The molecule has 5 rings (SSSR count). The molecule has 1 aliphatic rings. The van der Waals surface area contributed by atoms with E-state index in [4.69, 9.17) is 27.1 Å². The van der Waals surface area contributed by atoms with Gasteiger partial charge in [0.25, 0.3) is 0 Å². The minimum absolute atomic E-state index is 0.353. The van der Waals surface area contributed by atoms with Crippen LogP contribution in [0.3, 0.4) is 0 Å². The summed E-state index contributed by atoms with van der Waals surface area (Å²) in [5.74, 6) is 2.69. The van der Waals surface area contributed by atoms with E-state index < -0.39 is 0 Å². The van der Waals surface area contributed by atoms with Crippen LogP contribution >= 0.6 is 11.6 Å². The number of aryl methyl sites for hydroxylation is 1. The van der Waals surface area contributed by atoms with Crippen LogP contribution < -0.4 is 15.4 Å². The number of nitrogens with one attached hydrogen (secondary N) is 1. The Morgan fingerprint density at radius 2 is 2.03 bits per heavy atom. The fourth-order valence-corrected chi connectivity index (χ4v) is 4.20. The van der Waals surface area contributed by atoms with Crippen LogP contribution in [0.1, 0.15) is 17.1 Å². The number of imidazole rings is 1. The van der Waals surface area contributed by atoms with Crippen molar-refractivity contribution in [2.24, 2.45) is 0 Å². The van der Waals surface area contributed by atoms with Crippen LogP contribution in [0.25, 0.3) is 22.3 Å². The van der Waals surface area contributed by atoms with E-state index in [-0.39, 0.29) is 0 Å². The average Bonchev–Trinajstić information content (AvgIpc) is 3.01. The van der Waals surface area contributed by atoms with Gasteiger partial charge in [-0.15, -0.1) is 0 Å².